The second-order valence-electron chi connectivity index (χ2n) is 7.40. The van der Waals surface area contributed by atoms with E-state index in [-0.39, 0.29) is 17.0 Å². The lowest BCUT2D eigenvalue weighted by Gasteiger charge is -2.29. The summed E-state index contributed by atoms with van der Waals surface area (Å²) in [6, 6.07) is 8.97. The Hall–Kier alpha value is -3.26. The molecule has 0 aliphatic carbocycles. The number of methoxy groups -OCH3 is 2. The third kappa shape index (κ3) is 3.91. The van der Waals surface area contributed by atoms with Gasteiger partial charge in [0.2, 0.25) is 5.88 Å². The van der Waals surface area contributed by atoms with Crippen LogP contribution in [0.3, 0.4) is 0 Å². The van der Waals surface area contributed by atoms with Crippen molar-refractivity contribution >= 4 is 5.97 Å². The van der Waals surface area contributed by atoms with E-state index < -0.39 is 11.9 Å². The fraction of sp³-hybridized carbons (Fsp3) is 0.364. The summed E-state index contributed by atoms with van der Waals surface area (Å²) in [5.74, 6) is -0.521. The third-order valence-electron chi connectivity index (χ3n) is 5.17. The zero-order valence-electron chi connectivity index (χ0n) is 17.9. The van der Waals surface area contributed by atoms with Crippen molar-refractivity contribution in [3.8, 4) is 11.5 Å². The molecule has 0 fully saturated rings. The number of esters is 1. The summed E-state index contributed by atoms with van der Waals surface area (Å²) in [4.78, 5) is 28.2. The largest absolute Gasteiger partial charge is 0.497 e. The van der Waals surface area contributed by atoms with Gasteiger partial charge in [-0.1, -0.05) is 12.1 Å². The molecule has 0 unspecified atom stereocenters. The van der Waals surface area contributed by atoms with Crippen LogP contribution in [0.25, 0.3) is 0 Å². The molecule has 1 aliphatic rings. The molecule has 1 aromatic heterocycles. The molecule has 30 heavy (non-hydrogen) atoms. The lowest BCUT2D eigenvalue weighted by atomic mass is 9.83. The highest BCUT2D eigenvalue weighted by Crippen LogP contribution is 2.41. The zero-order chi connectivity index (χ0) is 22.0. The summed E-state index contributed by atoms with van der Waals surface area (Å²) >= 11 is 0. The van der Waals surface area contributed by atoms with E-state index in [0.717, 1.165) is 5.69 Å². The number of hydrogen-bond acceptors (Lipinski definition) is 7. The van der Waals surface area contributed by atoms with Gasteiger partial charge in [-0.3, -0.25) is 4.79 Å². The van der Waals surface area contributed by atoms with Crippen LogP contribution in [0.2, 0.25) is 0 Å². The van der Waals surface area contributed by atoms with Gasteiger partial charge in [0, 0.05) is 24.8 Å². The Morgan fingerprint density at radius 2 is 2.00 bits per heavy atom. The van der Waals surface area contributed by atoms with Crippen molar-refractivity contribution in [2.75, 3.05) is 34.9 Å². The first-order valence-corrected chi connectivity index (χ1v) is 9.57. The minimum absolute atomic E-state index is 0.0768. The van der Waals surface area contributed by atoms with Gasteiger partial charge in [-0.2, -0.15) is 0 Å². The predicted octanol–water partition coefficient (Wildman–Crippen LogP) is 1.59. The molecule has 0 amide bonds. The first-order valence-electron chi connectivity index (χ1n) is 9.57. The van der Waals surface area contributed by atoms with E-state index >= 15 is 0 Å². The van der Waals surface area contributed by atoms with Crippen LogP contribution in [-0.2, 0) is 16.1 Å². The molecule has 2 N–H and O–H groups in total. The quantitative estimate of drug-likeness (QED) is 0.719. The van der Waals surface area contributed by atoms with E-state index in [1.54, 1.807) is 35.9 Å². The van der Waals surface area contributed by atoms with Gasteiger partial charge in [-0.05, 0) is 38.7 Å². The van der Waals surface area contributed by atoms with Crippen molar-refractivity contribution in [1.82, 2.24) is 9.47 Å². The van der Waals surface area contributed by atoms with Gasteiger partial charge in [0.05, 0.1) is 25.7 Å². The van der Waals surface area contributed by atoms with Gasteiger partial charge in [0.1, 0.15) is 17.1 Å². The van der Waals surface area contributed by atoms with Crippen LogP contribution in [0.1, 0.15) is 22.7 Å². The Kier molecular flexibility index (Phi) is 6.17. The topological polar surface area (TPSA) is 96.0 Å². The van der Waals surface area contributed by atoms with Crippen molar-refractivity contribution in [1.29, 1.82) is 0 Å². The Bertz CT molecular complexity index is 1060. The highest BCUT2D eigenvalue weighted by atomic mass is 16.5. The number of fused-ring (bicyclic) bond motifs is 1. The van der Waals surface area contributed by atoms with E-state index in [4.69, 9.17) is 19.9 Å². The molecule has 2 aromatic rings. The molecule has 3 rings (SSSR count). The minimum atomic E-state index is -0.741. The molecule has 0 bridgehead atoms. The highest BCUT2D eigenvalue weighted by molar-refractivity contribution is 5.92. The van der Waals surface area contributed by atoms with Crippen LogP contribution in [0, 0.1) is 6.92 Å². The smallest absolute Gasteiger partial charge is 0.340 e. The number of nitrogens with two attached hydrogens (primary N) is 1. The SMILES string of the molecule is COC(=O)C1=C(N)Oc2cc(C)n(CCN(C)C)c(=O)c2[C@@H]1c1cccc(OC)c1. The van der Waals surface area contributed by atoms with Crippen molar-refractivity contribution < 1.29 is 19.0 Å². The predicted molar refractivity (Wildman–Crippen MR) is 113 cm³/mol. The van der Waals surface area contributed by atoms with Crippen LogP contribution in [0.15, 0.2) is 46.6 Å². The molecule has 0 saturated carbocycles. The molecule has 8 heteroatoms. The molecule has 160 valence electrons. The maximum absolute atomic E-state index is 13.6. The Morgan fingerprint density at radius 1 is 1.27 bits per heavy atom. The normalized spacial score (nSPS) is 15.6. The number of aryl methyl sites for hydroxylation is 1. The van der Waals surface area contributed by atoms with Gasteiger partial charge in [0.15, 0.2) is 0 Å². The van der Waals surface area contributed by atoms with Crippen molar-refractivity contribution in [2.45, 2.75) is 19.4 Å². The fourth-order valence-corrected chi connectivity index (χ4v) is 3.63. The molecule has 1 aliphatic heterocycles. The zero-order valence-corrected chi connectivity index (χ0v) is 17.9. The molecule has 1 atom stereocenters. The Labute approximate surface area is 175 Å². The number of carbonyl (C=O) groups is 1. The Morgan fingerprint density at radius 3 is 2.63 bits per heavy atom. The van der Waals surface area contributed by atoms with Crippen LogP contribution < -0.4 is 20.8 Å². The van der Waals surface area contributed by atoms with E-state index in [1.807, 2.05) is 32.0 Å². The monoisotopic (exact) mass is 413 g/mol. The molecule has 0 saturated heterocycles. The Balaban J connectivity index is 2.27. The lowest BCUT2D eigenvalue weighted by molar-refractivity contribution is -0.136. The fourth-order valence-electron chi connectivity index (χ4n) is 3.63. The summed E-state index contributed by atoms with van der Waals surface area (Å²) in [5.41, 5.74) is 7.76. The number of likely N-dealkylation sites (N-methyl/N-ethyl adjacent to an activating group) is 1. The van der Waals surface area contributed by atoms with Gasteiger partial charge in [0.25, 0.3) is 5.56 Å². The van der Waals surface area contributed by atoms with Gasteiger partial charge >= 0.3 is 5.97 Å². The van der Waals surface area contributed by atoms with E-state index in [0.29, 0.717) is 35.7 Å². The second kappa shape index (κ2) is 8.62. The average Bonchev–Trinajstić information content (AvgIpc) is 2.71. The maximum Gasteiger partial charge on any atom is 0.340 e. The number of carbonyl (C=O) groups excluding carboxylic acids is 1. The number of nitrogens with zero attached hydrogens (tertiary/aromatic N) is 2. The first kappa shape index (κ1) is 21.4. The van der Waals surface area contributed by atoms with Crippen LogP contribution in [0.5, 0.6) is 11.5 Å². The summed E-state index contributed by atoms with van der Waals surface area (Å²) < 4.78 is 17.7. The molecule has 0 radical (unpaired) electrons. The number of ether oxygens (including phenoxy) is 3. The van der Waals surface area contributed by atoms with E-state index in [9.17, 15) is 9.59 Å². The summed E-state index contributed by atoms with van der Waals surface area (Å²) in [6.45, 7) is 3.03. The van der Waals surface area contributed by atoms with E-state index in [2.05, 4.69) is 0 Å². The van der Waals surface area contributed by atoms with E-state index in [1.165, 1.54) is 7.11 Å². The number of pyridine rings is 1. The molecular weight excluding hydrogens is 386 g/mol. The van der Waals surface area contributed by atoms with Gasteiger partial charge in [-0.25, -0.2) is 4.79 Å². The highest BCUT2D eigenvalue weighted by Gasteiger charge is 2.38. The summed E-state index contributed by atoms with van der Waals surface area (Å²) in [5, 5.41) is 0. The first-order chi connectivity index (χ1) is 14.3. The van der Waals surface area contributed by atoms with Crippen molar-refractivity contribution in [3.05, 3.63) is 69.0 Å². The molecule has 0 spiro atoms. The summed E-state index contributed by atoms with van der Waals surface area (Å²) in [7, 11) is 6.71. The molecule has 2 heterocycles. The average molecular weight is 413 g/mol. The van der Waals surface area contributed by atoms with Gasteiger partial charge < -0.3 is 29.4 Å². The number of aromatic nitrogens is 1. The van der Waals surface area contributed by atoms with Crippen LogP contribution >= 0.6 is 0 Å². The van der Waals surface area contributed by atoms with Crippen molar-refractivity contribution in [3.63, 3.8) is 0 Å². The second-order valence-corrected chi connectivity index (χ2v) is 7.40. The van der Waals surface area contributed by atoms with Crippen LogP contribution in [0.4, 0.5) is 0 Å². The van der Waals surface area contributed by atoms with Crippen LogP contribution in [-0.4, -0.2) is 50.3 Å². The number of benzene rings is 1. The standard InChI is InChI=1S/C22H27N3O5/c1-13-11-16-18(21(26)25(13)10-9-24(2)3)17(14-7-6-8-15(12-14)28-4)19(20(23)30-16)22(27)29-5/h6-8,11-12,17H,9-10,23H2,1-5H3/t17-/m0/s1. The number of rotatable bonds is 6. The lowest BCUT2D eigenvalue weighted by Crippen LogP contribution is -2.36. The molecule has 1 aromatic carbocycles. The molecule has 8 nitrogen and oxygen atoms in total. The van der Waals surface area contributed by atoms with Crippen molar-refractivity contribution in [2.24, 2.45) is 5.73 Å². The van der Waals surface area contributed by atoms with Gasteiger partial charge in [-0.15, -0.1) is 0 Å². The summed E-state index contributed by atoms with van der Waals surface area (Å²) in [6.07, 6.45) is 0. The minimum Gasteiger partial charge on any atom is -0.497 e. The third-order valence-corrected chi connectivity index (χ3v) is 5.17. The molecular formula is C22H27N3O5. The maximum atomic E-state index is 13.6. The number of hydrogen-bond donors (Lipinski definition) is 1.